The van der Waals surface area contributed by atoms with Gasteiger partial charge in [0.15, 0.2) is 5.72 Å². The van der Waals surface area contributed by atoms with E-state index in [1.54, 1.807) is 30.5 Å². The van der Waals surface area contributed by atoms with Crippen LogP contribution in [0.3, 0.4) is 0 Å². The van der Waals surface area contributed by atoms with Gasteiger partial charge in [-0.25, -0.2) is 9.98 Å². The first-order chi connectivity index (χ1) is 10.1. The SMILES string of the molecule is CC1(C)N=C(Oc2ccccn2)c2cc(C#N)ccc2O1. The Morgan fingerprint density at radius 2 is 2.10 bits per heavy atom. The molecule has 2 aromatic rings. The number of nitrogens with zero attached hydrogens (tertiary/aromatic N) is 3. The molecule has 1 aromatic carbocycles. The van der Waals surface area contributed by atoms with Gasteiger partial charge in [0.1, 0.15) is 5.75 Å². The second-order valence-electron chi connectivity index (χ2n) is 5.06. The van der Waals surface area contributed by atoms with Crippen LogP contribution in [0, 0.1) is 11.3 Å². The van der Waals surface area contributed by atoms with Gasteiger partial charge < -0.3 is 9.47 Å². The molecule has 0 aliphatic carbocycles. The van der Waals surface area contributed by atoms with Crippen molar-refractivity contribution in [1.82, 2.24) is 4.98 Å². The summed E-state index contributed by atoms with van der Waals surface area (Å²) in [7, 11) is 0. The topological polar surface area (TPSA) is 67.5 Å². The molecule has 0 fully saturated rings. The van der Waals surface area contributed by atoms with E-state index >= 15 is 0 Å². The molecule has 0 bridgehead atoms. The van der Waals surface area contributed by atoms with Gasteiger partial charge >= 0.3 is 0 Å². The van der Waals surface area contributed by atoms with Crippen LogP contribution >= 0.6 is 0 Å². The Hall–Kier alpha value is -2.87. The Morgan fingerprint density at radius 1 is 1.24 bits per heavy atom. The number of pyridine rings is 1. The Balaban J connectivity index is 2.05. The van der Waals surface area contributed by atoms with Crippen LogP contribution < -0.4 is 9.47 Å². The van der Waals surface area contributed by atoms with Crippen molar-refractivity contribution in [2.45, 2.75) is 19.6 Å². The minimum atomic E-state index is -0.731. The predicted molar refractivity (Wildman–Crippen MR) is 77.3 cm³/mol. The van der Waals surface area contributed by atoms with Gasteiger partial charge in [0.25, 0.3) is 0 Å². The zero-order valence-electron chi connectivity index (χ0n) is 11.7. The number of aliphatic imine (C=N–C) groups is 1. The minimum Gasteiger partial charge on any atom is -0.466 e. The van der Waals surface area contributed by atoms with Crippen molar-refractivity contribution in [1.29, 1.82) is 5.26 Å². The van der Waals surface area contributed by atoms with Crippen molar-refractivity contribution in [2.75, 3.05) is 0 Å². The highest BCUT2D eigenvalue weighted by molar-refractivity contribution is 5.99. The van der Waals surface area contributed by atoms with Crippen LogP contribution in [0.15, 0.2) is 47.6 Å². The van der Waals surface area contributed by atoms with E-state index in [0.717, 1.165) is 0 Å². The van der Waals surface area contributed by atoms with Gasteiger partial charge in [-0.3, -0.25) is 0 Å². The molecule has 21 heavy (non-hydrogen) atoms. The highest BCUT2D eigenvalue weighted by Crippen LogP contribution is 2.31. The van der Waals surface area contributed by atoms with Crippen molar-refractivity contribution in [2.24, 2.45) is 4.99 Å². The molecule has 104 valence electrons. The molecule has 0 spiro atoms. The largest absolute Gasteiger partial charge is 0.466 e. The first-order valence-electron chi connectivity index (χ1n) is 6.50. The Labute approximate surface area is 122 Å². The lowest BCUT2D eigenvalue weighted by Gasteiger charge is -2.29. The van der Waals surface area contributed by atoms with E-state index < -0.39 is 5.72 Å². The molecule has 0 saturated carbocycles. The van der Waals surface area contributed by atoms with E-state index in [1.165, 1.54) is 0 Å². The van der Waals surface area contributed by atoms with Crippen molar-refractivity contribution in [3.05, 3.63) is 53.7 Å². The fourth-order valence-corrected chi connectivity index (χ4v) is 2.04. The summed E-state index contributed by atoms with van der Waals surface area (Å²) in [6, 6.07) is 12.7. The van der Waals surface area contributed by atoms with Gasteiger partial charge in [-0.15, -0.1) is 0 Å². The number of benzene rings is 1. The fraction of sp³-hybridized carbons (Fsp3) is 0.188. The number of hydrogen-bond acceptors (Lipinski definition) is 5. The highest BCUT2D eigenvalue weighted by atomic mass is 16.5. The summed E-state index contributed by atoms with van der Waals surface area (Å²) in [5, 5.41) is 9.03. The third-order valence-corrected chi connectivity index (χ3v) is 2.91. The van der Waals surface area contributed by atoms with E-state index in [9.17, 15) is 0 Å². The van der Waals surface area contributed by atoms with Crippen LogP contribution in [0.4, 0.5) is 0 Å². The van der Waals surface area contributed by atoms with Crippen LogP contribution in [0.2, 0.25) is 0 Å². The lowest BCUT2D eigenvalue weighted by Crippen LogP contribution is -2.34. The molecule has 5 heteroatoms. The second kappa shape index (κ2) is 4.91. The Kier molecular flexibility index (Phi) is 3.07. The predicted octanol–water partition coefficient (Wildman–Crippen LogP) is 2.91. The molecule has 3 rings (SSSR count). The molecular formula is C16H13N3O2. The van der Waals surface area contributed by atoms with E-state index in [2.05, 4.69) is 16.0 Å². The summed E-state index contributed by atoms with van der Waals surface area (Å²) in [4.78, 5) is 8.58. The summed E-state index contributed by atoms with van der Waals surface area (Å²) in [5.41, 5.74) is 0.444. The molecule has 0 radical (unpaired) electrons. The van der Waals surface area contributed by atoms with E-state index in [0.29, 0.717) is 28.7 Å². The highest BCUT2D eigenvalue weighted by Gasteiger charge is 2.29. The minimum absolute atomic E-state index is 0.400. The molecule has 1 aromatic heterocycles. The molecule has 0 N–H and O–H groups in total. The zero-order valence-corrected chi connectivity index (χ0v) is 11.7. The lowest BCUT2D eigenvalue weighted by molar-refractivity contribution is 0.112. The molecule has 5 nitrogen and oxygen atoms in total. The quantitative estimate of drug-likeness (QED) is 0.805. The number of nitriles is 1. The van der Waals surface area contributed by atoms with Gasteiger partial charge in [-0.1, -0.05) is 6.07 Å². The molecule has 0 atom stereocenters. The summed E-state index contributed by atoms with van der Waals surface area (Å²) in [6.07, 6.45) is 1.65. The van der Waals surface area contributed by atoms with Crippen molar-refractivity contribution < 1.29 is 9.47 Å². The normalized spacial score (nSPS) is 15.2. The maximum atomic E-state index is 9.03. The van der Waals surface area contributed by atoms with Crippen LogP contribution in [-0.4, -0.2) is 16.6 Å². The number of rotatable bonds is 1. The number of hydrogen-bond donors (Lipinski definition) is 0. The molecule has 0 unspecified atom stereocenters. The van der Waals surface area contributed by atoms with Crippen molar-refractivity contribution >= 4 is 5.90 Å². The number of ether oxygens (including phenoxy) is 2. The molecule has 1 aliphatic heterocycles. The maximum Gasteiger partial charge on any atom is 0.231 e. The Bertz CT molecular complexity index is 746. The van der Waals surface area contributed by atoms with Gasteiger partial charge in [-0.2, -0.15) is 5.26 Å². The summed E-state index contributed by atoms with van der Waals surface area (Å²) in [6.45, 7) is 3.69. The van der Waals surface area contributed by atoms with Crippen molar-refractivity contribution in [3.8, 4) is 17.7 Å². The standard InChI is InChI=1S/C16H13N3O2/c1-16(2)19-15(20-14-5-3-4-8-18-14)12-9-11(10-17)6-7-13(12)21-16/h3-9H,1-2H3. The Morgan fingerprint density at radius 3 is 2.81 bits per heavy atom. The van der Waals surface area contributed by atoms with Gasteiger partial charge in [-0.05, 0) is 38.1 Å². The monoisotopic (exact) mass is 279 g/mol. The van der Waals surface area contributed by atoms with E-state index in [4.69, 9.17) is 14.7 Å². The summed E-state index contributed by atoms with van der Waals surface area (Å²) in [5.74, 6) is 1.49. The second-order valence-corrected chi connectivity index (χ2v) is 5.06. The van der Waals surface area contributed by atoms with Crippen LogP contribution in [0.1, 0.15) is 25.0 Å². The van der Waals surface area contributed by atoms with Crippen molar-refractivity contribution in [3.63, 3.8) is 0 Å². The number of aromatic nitrogens is 1. The first-order valence-corrected chi connectivity index (χ1v) is 6.50. The molecule has 0 amide bonds. The first kappa shape index (κ1) is 13.1. The van der Waals surface area contributed by atoms with E-state index in [1.807, 2.05) is 26.0 Å². The summed E-state index contributed by atoms with van der Waals surface area (Å²) < 4.78 is 11.6. The van der Waals surface area contributed by atoms with E-state index in [-0.39, 0.29) is 0 Å². The average Bonchev–Trinajstić information content (AvgIpc) is 2.47. The number of fused-ring (bicyclic) bond motifs is 1. The third kappa shape index (κ3) is 2.70. The zero-order chi connectivity index (χ0) is 14.9. The molecule has 2 heterocycles. The van der Waals surface area contributed by atoms with Crippen LogP contribution in [-0.2, 0) is 0 Å². The maximum absolute atomic E-state index is 9.03. The third-order valence-electron chi connectivity index (χ3n) is 2.91. The summed E-state index contributed by atoms with van der Waals surface area (Å²) >= 11 is 0. The van der Waals surface area contributed by atoms with Gasteiger partial charge in [0.05, 0.1) is 17.2 Å². The lowest BCUT2D eigenvalue weighted by atomic mass is 10.1. The average molecular weight is 279 g/mol. The molecule has 1 aliphatic rings. The van der Waals surface area contributed by atoms with Crippen LogP contribution in [0.5, 0.6) is 11.6 Å². The van der Waals surface area contributed by atoms with Gasteiger partial charge in [0, 0.05) is 12.3 Å². The van der Waals surface area contributed by atoms with Crippen LogP contribution in [0.25, 0.3) is 0 Å². The van der Waals surface area contributed by atoms with Gasteiger partial charge in [0.2, 0.25) is 11.8 Å². The smallest absolute Gasteiger partial charge is 0.231 e. The fourth-order valence-electron chi connectivity index (χ4n) is 2.04. The molecule has 0 saturated heterocycles. The molecular weight excluding hydrogens is 266 g/mol.